The highest BCUT2D eigenvalue weighted by molar-refractivity contribution is 5.71. The van der Waals surface area contributed by atoms with Crippen LogP contribution in [-0.4, -0.2) is 47.8 Å². The Bertz CT molecular complexity index is 218. The van der Waals surface area contributed by atoms with Crippen LogP contribution in [0.2, 0.25) is 0 Å². The summed E-state index contributed by atoms with van der Waals surface area (Å²) in [5, 5.41) is 9.08. The molecule has 2 atom stereocenters. The van der Waals surface area contributed by atoms with Crippen molar-refractivity contribution in [2.45, 2.75) is 39.3 Å². The molecule has 0 aromatic carbocycles. The monoisotopic (exact) mass is 215 g/mol. The number of ether oxygens (including phenoxy) is 1. The summed E-state index contributed by atoms with van der Waals surface area (Å²) in [7, 11) is 0. The van der Waals surface area contributed by atoms with Gasteiger partial charge in [-0.15, -0.1) is 0 Å². The van der Waals surface area contributed by atoms with E-state index in [1.54, 1.807) is 0 Å². The Kier molecular flexibility index (Phi) is 4.54. The fraction of sp³-hybridized carbons (Fsp3) is 0.909. The third-order valence-electron chi connectivity index (χ3n) is 2.94. The number of carbonyl (C=O) groups is 1. The average molecular weight is 215 g/mol. The van der Waals surface area contributed by atoms with Crippen LogP contribution in [0, 0.1) is 5.92 Å². The van der Waals surface area contributed by atoms with Crippen LogP contribution in [0.3, 0.4) is 0 Å². The summed E-state index contributed by atoms with van der Waals surface area (Å²) in [6, 6.07) is 0.418. The van der Waals surface area contributed by atoms with Crippen LogP contribution in [0.1, 0.15) is 27.2 Å². The lowest BCUT2D eigenvalue weighted by molar-refractivity contribution is -0.143. The second kappa shape index (κ2) is 5.47. The smallest absolute Gasteiger partial charge is 0.310 e. The van der Waals surface area contributed by atoms with E-state index in [0.717, 1.165) is 13.0 Å². The van der Waals surface area contributed by atoms with Gasteiger partial charge in [0.1, 0.15) is 0 Å². The average Bonchev–Trinajstić information content (AvgIpc) is 2.61. The van der Waals surface area contributed by atoms with Crippen LogP contribution in [-0.2, 0) is 9.53 Å². The van der Waals surface area contributed by atoms with Gasteiger partial charge in [0, 0.05) is 12.1 Å². The highest BCUT2D eigenvalue weighted by Crippen LogP contribution is 2.22. The molecule has 88 valence electrons. The van der Waals surface area contributed by atoms with Gasteiger partial charge in [0.15, 0.2) is 0 Å². The summed E-state index contributed by atoms with van der Waals surface area (Å²) < 4.78 is 5.29. The second-order valence-corrected chi connectivity index (χ2v) is 4.38. The van der Waals surface area contributed by atoms with Crippen LogP contribution < -0.4 is 0 Å². The number of hydrogen-bond acceptors (Lipinski definition) is 3. The lowest BCUT2D eigenvalue weighted by Gasteiger charge is -2.33. The van der Waals surface area contributed by atoms with E-state index in [1.165, 1.54) is 0 Å². The maximum absolute atomic E-state index is 11.0. The fourth-order valence-electron chi connectivity index (χ4n) is 2.17. The third-order valence-corrected chi connectivity index (χ3v) is 2.94. The molecule has 1 rings (SSSR count). The van der Waals surface area contributed by atoms with Gasteiger partial charge in [-0.3, -0.25) is 9.69 Å². The van der Waals surface area contributed by atoms with E-state index < -0.39 is 5.97 Å². The Hall–Kier alpha value is -0.610. The molecule has 1 aliphatic heterocycles. The van der Waals surface area contributed by atoms with Crippen LogP contribution in [0.4, 0.5) is 0 Å². The molecule has 1 fully saturated rings. The van der Waals surface area contributed by atoms with Crippen molar-refractivity contribution in [3.05, 3.63) is 0 Å². The first-order chi connectivity index (χ1) is 7.07. The summed E-state index contributed by atoms with van der Waals surface area (Å²) in [4.78, 5) is 13.3. The lowest BCUT2D eigenvalue weighted by Crippen LogP contribution is -2.47. The van der Waals surface area contributed by atoms with Crippen LogP contribution in [0.5, 0.6) is 0 Å². The van der Waals surface area contributed by atoms with Gasteiger partial charge in [0.05, 0.1) is 19.1 Å². The zero-order chi connectivity index (χ0) is 11.4. The molecule has 4 nitrogen and oxygen atoms in total. The Morgan fingerprint density at radius 2 is 2.20 bits per heavy atom. The van der Waals surface area contributed by atoms with Gasteiger partial charge in [0.25, 0.3) is 0 Å². The van der Waals surface area contributed by atoms with E-state index in [9.17, 15) is 4.79 Å². The predicted octanol–water partition coefficient (Wildman–Crippen LogP) is 1.21. The molecule has 0 saturated carbocycles. The summed E-state index contributed by atoms with van der Waals surface area (Å²) in [5.41, 5.74) is 0. The van der Waals surface area contributed by atoms with E-state index in [-0.39, 0.29) is 12.0 Å². The van der Waals surface area contributed by atoms with E-state index in [2.05, 4.69) is 25.7 Å². The maximum Gasteiger partial charge on any atom is 0.310 e. The van der Waals surface area contributed by atoms with Gasteiger partial charge >= 0.3 is 5.97 Å². The number of nitrogens with zero attached hydrogens (tertiary/aromatic N) is 1. The molecular weight excluding hydrogens is 194 g/mol. The topological polar surface area (TPSA) is 49.8 Å². The standard InChI is InChI=1S/C11H21NO3/c1-4-5-12(8(2)3)10-7-15-6-9(10)11(13)14/h8-10H,4-7H2,1-3H3,(H,13,14). The number of carboxylic acid groups (broad SMARTS) is 1. The molecule has 0 bridgehead atoms. The highest BCUT2D eigenvalue weighted by atomic mass is 16.5. The normalized spacial score (nSPS) is 26.5. The van der Waals surface area contributed by atoms with Crippen LogP contribution in [0.25, 0.3) is 0 Å². The Labute approximate surface area is 91.2 Å². The molecule has 0 spiro atoms. The summed E-state index contributed by atoms with van der Waals surface area (Å²) in [5.74, 6) is -1.10. The molecule has 1 N–H and O–H groups in total. The molecule has 0 aromatic heterocycles. The molecule has 0 radical (unpaired) electrons. The highest BCUT2D eigenvalue weighted by Gasteiger charge is 2.38. The van der Waals surface area contributed by atoms with Gasteiger partial charge < -0.3 is 9.84 Å². The first kappa shape index (κ1) is 12.5. The third kappa shape index (κ3) is 2.92. The van der Waals surface area contributed by atoms with Crippen molar-refractivity contribution in [3.63, 3.8) is 0 Å². The lowest BCUT2D eigenvalue weighted by atomic mass is 10.0. The van der Waals surface area contributed by atoms with Crippen molar-refractivity contribution < 1.29 is 14.6 Å². The molecule has 0 aromatic rings. The quantitative estimate of drug-likeness (QED) is 0.749. The minimum Gasteiger partial charge on any atom is -0.481 e. The van der Waals surface area contributed by atoms with E-state index in [4.69, 9.17) is 9.84 Å². The van der Waals surface area contributed by atoms with Crippen LogP contribution in [0.15, 0.2) is 0 Å². The van der Waals surface area contributed by atoms with Gasteiger partial charge in [-0.1, -0.05) is 6.92 Å². The number of rotatable bonds is 5. The molecule has 1 heterocycles. The van der Waals surface area contributed by atoms with Crippen molar-refractivity contribution >= 4 is 5.97 Å². The summed E-state index contributed by atoms with van der Waals surface area (Å²) >= 11 is 0. The number of hydrogen-bond donors (Lipinski definition) is 1. The predicted molar refractivity (Wildman–Crippen MR) is 57.9 cm³/mol. The molecule has 15 heavy (non-hydrogen) atoms. The second-order valence-electron chi connectivity index (χ2n) is 4.38. The van der Waals surface area contributed by atoms with E-state index >= 15 is 0 Å². The largest absolute Gasteiger partial charge is 0.481 e. The molecule has 1 saturated heterocycles. The summed E-state index contributed by atoms with van der Waals surface area (Å²) in [6.45, 7) is 8.16. The minimum atomic E-state index is -0.737. The van der Waals surface area contributed by atoms with Crippen molar-refractivity contribution in [1.82, 2.24) is 4.90 Å². The van der Waals surface area contributed by atoms with Gasteiger partial charge in [0.2, 0.25) is 0 Å². The van der Waals surface area contributed by atoms with Gasteiger partial charge in [-0.05, 0) is 26.8 Å². The maximum atomic E-state index is 11.0. The zero-order valence-corrected chi connectivity index (χ0v) is 9.77. The molecule has 2 unspecified atom stereocenters. The Morgan fingerprint density at radius 3 is 2.67 bits per heavy atom. The Morgan fingerprint density at radius 1 is 1.53 bits per heavy atom. The first-order valence-corrected chi connectivity index (χ1v) is 5.64. The van der Waals surface area contributed by atoms with E-state index in [0.29, 0.717) is 19.3 Å². The molecule has 0 aliphatic carbocycles. The minimum absolute atomic E-state index is 0.0439. The Balaban J connectivity index is 2.69. The molecule has 1 aliphatic rings. The number of carboxylic acids is 1. The zero-order valence-electron chi connectivity index (χ0n) is 9.77. The SMILES string of the molecule is CCCN(C(C)C)C1COCC1C(=O)O. The number of aliphatic carboxylic acids is 1. The molecule has 4 heteroatoms. The van der Waals surface area contributed by atoms with Gasteiger partial charge in [-0.2, -0.15) is 0 Å². The van der Waals surface area contributed by atoms with Crippen molar-refractivity contribution in [2.24, 2.45) is 5.92 Å². The fourth-order valence-corrected chi connectivity index (χ4v) is 2.17. The molecule has 0 amide bonds. The van der Waals surface area contributed by atoms with Gasteiger partial charge in [-0.25, -0.2) is 0 Å². The van der Waals surface area contributed by atoms with Crippen molar-refractivity contribution in [3.8, 4) is 0 Å². The molecular formula is C11H21NO3. The van der Waals surface area contributed by atoms with E-state index in [1.807, 2.05) is 0 Å². The van der Waals surface area contributed by atoms with Crippen LogP contribution >= 0.6 is 0 Å². The first-order valence-electron chi connectivity index (χ1n) is 5.64. The van der Waals surface area contributed by atoms with Crippen molar-refractivity contribution in [1.29, 1.82) is 0 Å². The summed E-state index contributed by atoms with van der Waals surface area (Å²) in [6.07, 6.45) is 1.04. The van der Waals surface area contributed by atoms with Crippen molar-refractivity contribution in [2.75, 3.05) is 19.8 Å².